The first-order valence-corrected chi connectivity index (χ1v) is 6.58. The lowest BCUT2D eigenvalue weighted by Crippen LogP contribution is -2.45. The molecule has 2 atom stereocenters. The predicted molar refractivity (Wildman–Crippen MR) is 63.4 cm³/mol. The topological polar surface area (TPSA) is 66.4 Å². The maximum atomic E-state index is 11.8. The standard InChI is InChI=1S/C13H21NO3/c1-2-5-13(6-7-13)8-14-11(15)9-3-4-10(9)12(16)17/h9-10H,2-8H2,1H3,(H,14,15)(H,16,17). The van der Waals surface area contributed by atoms with Crippen LogP contribution < -0.4 is 5.32 Å². The molecule has 96 valence electrons. The van der Waals surface area contributed by atoms with Crippen LogP contribution in [0, 0.1) is 17.3 Å². The highest BCUT2D eigenvalue weighted by molar-refractivity contribution is 5.86. The number of aliphatic carboxylic acids is 1. The van der Waals surface area contributed by atoms with Gasteiger partial charge in [0.2, 0.25) is 5.91 Å². The predicted octanol–water partition coefficient (Wildman–Crippen LogP) is 1.79. The molecule has 1 amide bonds. The lowest BCUT2D eigenvalue weighted by molar-refractivity contribution is -0.152. The van der Waals surface area contributed by atoms with E-state index in [2.05, 4.69) is 12.2 Å². The van der Waals surface area contributed by atoms with Crippen LogP contribution in [-0.4, -0.2) is 23.5 Å². The molecular formula is C13H21NO3. The van der Waals surface area contributed by atoms with Crippen molar-refractivity contribution in [2.45, 2.75) is 45.4 Å². The molecular weight excluding hydrogens is 218 g/mol. The van der Waals surface area contributed by atoms with Crippen molar-refractivity contribution in [2.75, 3.05) is 6.54 Å². The molecule has 2 rings (SSSR count). The number of carboxylic acids is 1. The minimum absolute atomic E-state index is 0.0500. The van der Waals surface area contributed by atoms with Crippen molar-refractivity contribution in [2.24, 2.45) is 17.3 Å². The summed E-state index contributed by atoms with van der Waals surface area (Å²) in [5.74, 6) is -1.61. The number of carboxylic acid groups (broad SMARTS) is 1. The molecule has 0 aromatic rings. The molecule has 4 nitrogen and oxygen atoms in total. The fraction of sp³-hybridized carbons (Fsp3) is 0.846. The van der Waals surface area contributed by atoms with Crippen molar-refractivity contribution in [1.82, 2.24) is 5.32 Å². The molecule has 0 radical (unpaired) electrons. The largest absolute Gasteiger partial charge is 0.481 e. The molecule has 0 aromatic carbocycles. The summed E-state index contributed by atoms with van der Waals surface area (Å²) >= 11 is 0. The molecule has 17 heavy (non-hydrogen) atoms. The summed E-state index contributed by atoms with van der Waals surface area (Å²) < 4.78 is 0. The van der Waals surface area contributed by atoms with Crippen LogP contribution in [0.3, 0.4) is 0 Å². The molecule has 2 aliphatic carbocycles. The van der Waals surface area contributed by atoms with Crippen molar-refractivity contribution in [3.63, 3.8) is 0 Å². The Bertz CT molecular complexity index is 323. The quantitative estimate of drug-likeness (QED) is 0.742. The Morgan fingerprint density at radius 3 is 2.35 bits per heavy atom. The Hall–Kier alpha value is -1.06. The molecule has 0 saturated heterocycles. The number of carbonyl (C=O) groups excluding carboxylic acids is 1. The van der Waals surface area contributed by atoms with E-state index in [0.717, 1.165) is 19.4 Å². The lowest BCUT2D eigenvalue weighted by Gasteiger charge is -2.32. The zero-order valence-electron chi connectivity index (χ0n) is 10.4. The Morgan fingerprint density at radius 1 is 1.29 bits per heavy atom. The zero-order chi connectivity index (χ0) is 12.5. The summed E-state index contributed by atoms with van der Waals surface area (Å²) in [6.45, 7) is 2.90. The van der Waals surface area contributed by atoms with E-state index < -0.39 is 11.9 Å². The Balaban J connectivity index is 1.76. The van der Waals surface area contributed by atoms with Crippen molar-refractivity contribution in [1.29, 1.82) is 0 Å². The maximum Gasteiger partial charge on any atom is 0.307 e. The van der Waals surface area contributed by atoms with Crippen molar-refractivity contribution < 1.29 is 14.7 Å². The lowest BCUT2D eigenvalue weighted by atomic mass is 9.73. The van der Waals surface area contributed by atoms with Crippen LogP contribution in [0.25, 0.3) is 0 Å². The van der Waals surface area contributed by atoms with Gasteiger partial charge in [0, 0.05) is 6.54 Å². The van der Waals surface area contributed by atoms with Crippen molar-refractivity contribution >= 4 is 11.9 Å². The van der Waals surface area contributed by atoms with Gasteiger partial charge in [0.15, 0.2) is 0 Å². The van der Waals surface area contributed by atoms with Crippen LogP contribution >= 0.6 is 0 Å². The molecule has 2 saturated carbocycles. The second-order valence-corrected chi connectivity index (χ2v) is 5.60. The number of hydrogen-bond acceptors (Lipinski definition) is 2. The third kappa shape index (κ3) is 2.61. The van der Waals surface area contributed by atoms with E-state index in [0.29, 0.717) is 11.8 Å². The second kappa shape index (κ2) is 4.67. The Kier molecular flexibility index (Phi) is 3.40. The van der Waals surface area contributed by atoms with E-state index in [1.807, 2.05) is 0 Å². The van der Waals surface area contributed by atoms with Gasteiger partial charge in [-0.15, -0.1) is 0 Å². The molecule has 2 fully saturated rings. The average molecular weight is 239 g/mol. The summed E-state index contributed by atoms with van der Waals surface area (Å²) in [7, 11) is 0. The van der Waals surface area contributed by atoms with Gasteiger partial charge in [-0.05, 0) is 37.5 Å². The molecule has 2 N–H and O–H groups in total. The number of carbonyl (C=O) groups is 2. The minimum Gasteiger partial charge on any atom is -0.481 e. The van der Waals surface area contributed by atoms with Crippen LogP contribution in [-0.2, 0) is 9.59 Å². The van der Waals surface area contributed by atoms with Gasteiger partial charge in [0.1, 0.15) is 0 Å². The van der Waals surface area contributed by atoms with E-state index >= 15 is 0 Å². The summed E-state index contributed by atoms with van der Waals surface area (Å²) in [5.41, 5.74) is 0.340. The average Bonchev–Trinajstić information content (AvgIpc) is 2.93. The first kappa shape index (κ1) is 12.4. The number of amides is 1. The van der Waals surface area contributed by atoms with Gasteiger partial charge in [0.25, 0.3) is 0 Å². The van der Waals surface area contributed by atoms with E-state index in [1.54, 1.807) is 0 Å². The first-order chi connectivity index (χ1) is 8.08. The van der Waals surface area contributed by atoms with Crippen molar-refractivity contribution in [3.8, 4) is 0 Å². The molecule has 0 aromatic heterocycles. The van der Waals surface area contributed by atoms with Gasteiger partial charge < -0.3 is 10.4 Å². The van der Waals surface area contributed by atoms with Crippen LogP contribution in [0.1, 0.15) is 45.4 Å². The van der Waals surface area contributed by atoms with Gasteiger partial charge in [-0.25, -0.2) is 0 Å². The third-order valence-corrected chi connectivity index (χ3v) is 4.30. The smallest absolute Gasteiger partial charge is 0.307 e. The van der Waals surface area contributed by atoms with Gasteiger partial charge in [-0.2, -0.15) is 0 Å². The van der Waals surface area contributed by atoms with E-state index in [4.69, 9.17) is 5.11 Å². The molecule has 2 aliphatic rings. The summed E-state index contributed by atoms with van der Waals surface area (Å²) in [4.78, 5) is 22.7. The number of nitrogens with one attached hydrogen (secondary N) is 1. The summed E-state index contributed by atoms with van der Waals surface area (Å²) in [6.07, 6.45) is 6.09. The minimum atomic E-state index is -0.828. The highest BCUT2D eigenvalue weighted by Crippen LogP contribution is 2.49. The fourth-order valence-corrected chi connectivity index (χ4v) is 2.74. The summed E-state index contributed by atoms with van der Waals surface area (Å²) in [5, 5.41) is 11.9. The monoisotopic (exact) mass is 239 g/mol. The van der Waals surface area contributed by atoms with E-state index in [-0.39, 0.29) is 11.8 Å². The van der Waals surface area contributed by atoms with Crippen LogP contribution in [0.5, 0.6) is 0 Å². The highest BCUT2D eigenvalue weighted by Gasteiger charge is 2.44. The normalized spacial score (nSPS) is 29.2. The Labute approximate surface area is 102 Å². The number of rotatable bonds is 6. The Morgan fingerprint density at radius 2 is 1.94 bits per heavy atom. The SMILES string of the molecule is CCCC1(CNC(=O)C2CCC2C(=O)O)CC1. The molecule has 0 bridgehead atoms. The van der Waals surface area contributed by atoms with Crippen LogP contribution in [0.4, 0.5) is 0 Å². The van der Waals surface area contributed by atoms with Gasteiger partial charge in [0.05, 0.1) is 11.8 Å². The molecule has 4 heteroatoms. The zero-order valence-corrected chi connectivity index (χ0v) is 10.4. The highest BCUT2D eigenvalue weighted by atomic mass is 16.4. The third-order valence-electron chi connectivity index (χ3n) is 4.30. The number of hydrogen-bond donors (Lipinski definition) is 2. The maximum absolute atomic E-state index is 11.8. The first-order valence-electron chi connectivity index (χ1n) is 6.58. The molecule has 2 unspecified atom stereocenters. The van der Waals surface area contributed by atoms with Crippen molar-refractivity contribution in [3.05, 3.63) is 0 Å². The molecule has 0 heterocycles. The molecule has 0 spiro atoms. The molecule has 0 aliphatic heterocycles. The van der Waals surface area contributed by atoms with Crippen LogP contribution in [0.2, 0.25) is 0 Å². The van der Waals surface area contributed by atoms with Gasteiger partial charge in [-0.3, -0.25) is 9.59 Å². The fourth-order valence-electron chi connectivity index (χ4n) is 2.74. The summed E-state index contributed by atoms with van der Waals surface area (Å²) in [6, 6.07) is 0. The second-order valence-electron chi connectivity index (χ2n) is 5.60. The van der Waals surface area contributed by atoms with E-state index in [1.165, 1.54) is 19.3 Å². The van der Waals surface area contributed by atoms with Gasteiger partial charge in [-0.1, -0.05) is 13.3 Å². The van der Waals surface area contributed by atoms with Crippen LogP contribution in [0.15, 0.2) is 0 Å². The van der Waals surface area contributed by atoms with E-state index in [9.17, 15) is 9.59 Å². The van der Waals surface area contributed by atoms with Gasteiger partial charge >= 0.3 is 5.97 Å².